The molecule has 3 fully saturated rings. The Labute approximate surface area is 124 Å². The van der Waals surface area contributed by atoms with Crippen LogP contribution in [0.2, 0.25) is 0 Å². The van der Waals surface area contributed by atoms with E-state index in [0.717, 1.165) is 12.3 Å². The van der Waals surface area contributed by atoms with Crippen molar-refractivity contribution in [2.24, 2.45) is 22.7 Å². The van der Waals surface area contributed by atoms with Gasteiger partial charge in [-0.3, -0.25) is 0 Å². The van der Waals surface area contributed by atoms with Crippen molar-refractivity contribution in [2.75, 3.05) is 0 Å². The predicted octanol–water partition coefficient (Wildman–Crippen LogP) is 4.51. The van der Waals surface area contributed by atoms with Crippen LogP contribution in [0.25, 0.3) is 0 Å². The lowest BCUT2D eigenvalue weighted by molar-refractivity contribution is -0.259. The third-order valence-electron chi connectivity index (χ3n) is 6.80. The number of ether oxygens (including phenoxy) is 1. The van der Waals surface area contributed by atoms with E-state index in [-0.39, 0.29) is 5.60 Å². The highest BCUT2D eigenvalue weighted by Crippen LogP contribution is 2.65. The molecular formula is C18H32O2. The van der Waals surface area contributed by atoms with Gasteiger partial charge in [0.25, 0.3) is 0 Å². The van der Waals surface area contributed by atoms with Gasteiger partial charge in [-0.15, -0.1) is 0 Å². The van der Waals surface area contributed by atoms with Crippen LogP contribution < -0.4 is 0 Å². The van der Waals surface area contributed by atoms with Gasteiger partial charge >= 0.3 is 0 Å². The van der Waals surface area contributed by atoms with Crippen LogP contribution in [-0.4, -0.2) is 17.0 Å². The van der Waals surface area contributed by atoms with Gasteiger partial charge in [0.1, 0.15) is 0 Å². The Kier molecular flexibility index (Phi) is 3.49. The number of aliphatic hydroxyl groups excluding tert-OH is 1. The van der Waals surface area contributed by atoms with Crippen LogP contribution in [0.15, 0.2) is 0 Å². The van der Waals surface area contributed by atoms with Crippen molar-refractivity contribution in [3.05, 3.63) is 0 Å². The molecule has 3 rings (SSSR count). The van der Waals surface area contributed by atoms with E-state index in [2.05, 4.69) is 20.8 Å². The van der Waals surface area contributed by atoms with Gasteiger partial charge in [0.05, 0.1) is 5.60 Å². The Morgan fingerprint density at radius 3 is 2.55 bits per heavy atom. The molecule has 0 amide bonds. The highest BCUT2D eigenvalue weighted by Gasteiger charge is 2.61. The van der Waals surface area contributed by atoms with E-state index in [1.807, 2.05) is 6.92 Å². The minimum absolute atomic E-state index is 0.0287. The molecule has 3 aliphatic rings. The first-order chi connectivity index (χ1) is 9.30. The van der Waals surface area contributed by atoms with Crippen molar-refractivity contribution in [1.29, 1.82) is 0 Å². The van der Waals surface area contributed by atoms with Crippen molar-refractivity contribution in [3.8, 4) is 0 Å². The Bertz CT molecular complexity index is 378. The van der Waals surface area contributed by atoms with Crippen LogP contribution in [0.5, 0.6) is 0 Å². The normalized spacial score (nSPS) is 47.9. The molecule has 0 aromatic heterocycles. The van der Waals surface area contributed by atoms with Crippen LogP contribution in [0.3, 0.4) is 0 Å². The van der Waals surface area contributed by atoms with Crippen molar-refractivity contribution in [3.63, 3.8) is 0 Å². The van der Waals surface area contributed by atoms with Crippen molar-refractivity contribution in [1.82, 2.24) is 0 Å². The smallest absolute Gasteiger partial charge is 0.155 e. The molecule has 1 N–H and O–H groups in total. The summed E-state index contributed by atoms with van der Waals surface area (Å²) in [7, 11) is 0. The Hall–Kier alpha value is -0.0800. The molecule has 0 aliphatic heterocycles. The summed E-state index contributed by atoms with van der Waals surface area (Å²) < 4.78 is 6.33. The van der Waals surface area contributed by atoms with Gasteiger partial charge in [0, 0.05) is 0 Å². The van der Waals surface area contributed by atoms with E-state index in [1.165, 1.54) is 38.5 Å². The van der Waals surface area contributed by atoms with Crippen molar-refractivity contribution >= 4 is 0 Å². The molecule has 0 aromatic rings. The fourth-order valence-electron chi connectivity index (χ4n) is 5.68. The van der Waals surface area contributed by atoms with Crippen LogP contribution >= 0.6 is 0 Å². The summed E-state index contributed by atoms with van der Waals surface area (Å²) in [5, 5.41) is 10.1. The molecule has 3 saturated carbocycles. The molecule has 0 aromatic carbocycles. The van der Waals surface area contributed by atoms with Gasteiger partial charge in [-0.1, -0.05) is 34.1 Å². The zero-order chi connectivity index (χ0) is 14.6. The lowest BCUT2D eigenvalue weighted by atomic mass is 9.49. The van der Waals surface area contributed by atoms with E-state index in [0.29, 0.717) is 23.2 Å². The molecule has 2 bridgehead atoms. The number of aliphatic hydroxyl groups is 1. The van der Waals surface area contributed by atoms with Crippen molar-refractivity contribution in [2.45, 2.75) is 91.0 Å². The van der Waals surface area contributed by atoms with Crippen LogP contribution in [0, 0.1) is 22.7 Å². The van der Waals surface area contributed by atoms with Gasteiger partial charge in [-0.25, -0.2) is 0 Å². The monoisotopic (exact) mass is 280 g/mol. The largest absolute Gasteiger partial charge is 0.368 e. The third-order valence-corrected chi connectivity index (χ3v) is 6.80. The Balaban J connectivity index is 1.91. The van der Waals surface area contributed by atoms with E-state index < -0.39 is 6.29 Å². The first kappa shape index (κ1) is 14.8. The molecular weight excluding hydrogens is 248 g/mol. The molecule has 0 spiro atoms. The lowest BCUT2D eigenvalue weighted by Crippen LogP contribution is -2.58. The van der Waals surface area contributed by atoms with Gasteiger partial charge in [-0.05, 0) is 67.6 Å². The molecule has 20 heavy (non-hydrogen) atoms. The van der Waals surface area contributed by atoms with Crippen LogP contribution in [-0.2, 0) is 4.74 Å². The second-order valence-electron chi connectivity index (χ2n) is 8.83. The van der Waals surface area contributed by atoms with E-state index >= 15 is 0 Å². The molecule has 3 unspecified atom stereocenters. The van der Waals surface area contributed by atoms with E-state index in [4.69, 9.17) is 4.74 Å². The first-order valence-corrected chi connectivity index (χ1v) is 8.66. The average Bonchev–Trinajstić information content (AvgIpc) is 2.41. The minimum Gasteiger partial charge on any atom is -0.368 e. The highest BCUT2D eigenvalue weighted by atomic mass is 16.6. The summed E-state index contributed by atoms with van der Waals surface area (Å²) in [6.45, 7) is 9.33. The van der Waals surface area contributed by atoms with E-state index in [1.54, 1.807) is 0 Å². The first-order valence-electron chi connectivity index (χ1n) is 8.66. The summed E-state index contributed by atoms with van der Waals surface area (Å²) >= 11 is 0. The maximum absolute atomic E-state index is 10.1. The SMILES string of the molecule is CCC(O)O[C@@]12CCC[C@@](C)(CCC3C1CC3(C)C)C2. The van der Waals surface area contributed by atoms with Crippen LogP contribution in [0.4, 0.5) is 0 Å². The molecule has 0 radical (unpaired) electrons. The summed E-state index contributed by atoms with van der Waals surface area (Å²) in [6.07, 6.45) is 9.09. The van der Waals surface area contributed by atoms with Crippen molar-refractivity contribution < 1.29 is 9.84 Å². The Morgan fingerprint density at radius 2 is 1.90 bits per heavy atom. The zero-order valence-electron chi connectivity index (χ0n) is 13.7. The average molecular weight is 280 g/mol. The third kappa shape index (κ3) is 2.23. The molecule has 2 nitrogen and oxygen atoms in total. The molecule has 116 valence electrons. The summed E-state index contributed by atoms with van der Waals surface area (Å²) in [6, 6.07) is 0. The van der Waals surface area contributed by atoms with Crippen LogP contribution in [0.1, 0.15) is 79.1 Å². The van der Waals surface area contributed by atoms with Gasteiger partial charge in [0.2, 0.25) is 0 Å². The Morgan fingerprint density at radius 1 is 1.15 bits per heavy atom. The highest BCUT2D eigenvalue weighted by molar-refractivity contribution is 5.11. The fraction of sp³-hybridized carbons (Fsp3) is 1.00. The molecule has 5 atom stereocenters. The van der Waals surface area contributed by atoms with Gasteiger partial charge in [-0.2, -0.15) is 0 Å². The number of hydrogen-bond acceptors (Lipinski definition) is 2. The summed E-state index contributed by atoms with van der Waals surface area (Å²) in [5.41, 5.74) is 0.893. The lowest BCUT2D eigenvalue weighted by Gasteiger charge is -2.59. The molecule has 2 heteroatoms. The summed E-state index contributed by atoms with van der Waals surface area (Å²) in [4.78, 5) is 0. The second kappa shape index (κ2) is 4.71. The maximum atomic E-state index is 10.1. The van der Waals surface area contributed by atoms with Gasteiger partial charge < -0.3 is 9.84 Å². The molecule has 0 heterocycles. The fourth-order valence-corrected chi connectivity index (χ4v) is 5.68. The van der Waals surface area contributed by atoms with E-state index in [9.17, 15) is 5.11 Å². The molecule has 0 saturated heterocycles. The zero-order valence-corrected chi connectivity index (χ0v) is 13.7. The summed E-state index contributed by atoms with van der Waals surface area (Å²) in [5.74, 6) is 1.48. The quantitative estimate of drug-likeness (QED) is 0.771. The van der Waals surface area contributed by atoms with Gasteiger partial charge in [0.15, 0.2) is 6.29 Å². The number of rotatable bonds is 3. The topological polar surface area (TPSA) is 29.5 Å². The standard InChI is InChI=1S/C18H32O2/c1-5-15(19)20-18-9-6-8-17(4,12-18)10-7-13-14(18)11-16(13,2)3/h13-15,19H,5-12H2,1-4H3/t13?,14?,15?,17-,18+/m0/s1. The number of hydrogen-bond donors (Lipinski definition) is 1. The molecule has 3 aliphatic carbocycles. The maximum Gasteiger partial charge on any atom is 0.155 e. The predicted molar refractivity (Wildman–Crippen MR) is 81.3 cm³/mol. The number of fused-ring (bicyclic) bond motifs is 4. The second-order valence-corrected chi connectivity index (χ2v) is 8.83. The minimum atomic E-state index is -0.570.